The molecule has 1 fully saturated rings. The number of halogens is 2. The molecule has 5 rings (SSSR count). The van der Waals surface area contributed by atoms with E-state index in [1.807, 2.05) is 19.1 Å². The van der Waals surface area contributed by atoms with E-state index in [-0.39, 0.29) is 38.4 Å². The number of ketones is 1. The van der Waals surface area contributed by atoms with E-state index in [1.54, 1.807) is 18.2 Å². The van der Waals surface area contributed by atoms with Crippen molar-refractivity contribution in [3.63, 3.8) is 0 Å². The maximum absolute atomic E-state index is 13.7. The summed E-state index contributed by atoms with van der Waals surface area (Å²) in [6.45, 7) is 1.22. The minimum atomic E-state index is -0.767. The molecule has 3 atom stereocenters. The Morgan fingerprint density at radius 2 is 1.60 bits per heavy atom. The van der Waals surface area contributed by atoms with Gasteiger partial charge in [0, 0.05) is 11.1 Å². The number of rotatable bonds is 8. The van der Waals surface area contributed by atoms with Crippen molar-refractivity contribution < 1.29 is 33.4 Å². The Labute approximate surface area is 257 Å². The van der Waals surface area contributed by atoms with Crippen LogP contribution in [0.25, 0.3) is 0 Å². The number of carbonyl (C=O) groups excluding carboxylic acids is 5. The van der Waals surface area contributed by atoms with E-state index in [9.17, 15) is 24.0 Å². The highest BCUT2D eigenvalue weighted by Crippen LogP contribution is 2.39. The predicted octanol–water partition coefficient (Wildman–Crippen LogP) is 5.66. The number of fused-ring (bicyclic) bond motifs is 1. The average molecular weight is 621 g/mol. The van der Waals surface area contributed by atoms with Gasteiger partial charge in [-0.25, -0.2) is 9.80 Å². The molecule has 220 valence electrons. The van der Waals surface area contributed by atoms with E-state index < -0.39 is 47.9 Å². The van der Waals surface area contributed by atoms with Crippen LogP contribution >= 0.6 is 23.2 Å². The van der Waals surface area contributed by atoms with Crippen molar-refractivity contribution in [3.8, 4) is 11.5 Å². The van der Waals surface area contributed by atoms with Crippen molar-refractivity contribution in [2.24, 2.45) is 17.8 Å². The highest BCUT2D eigenvalue weighted by atomic mass is 35.5. The van der Waals surface area contributed by atoms with E-state index in [0.717, 1.165) is 10.0 Å². The third-order valence-electron chi connectivity index (χ3n) is 7.48. The number of methoxy groups -OCH3 is 1. The number of esters is 1. The van der Waals surface area contributed by atoms with Crippen LogP contribution in [-0.4, -0.2) is 53.1 Å². The minimum absolute atomic E-state index is 0.0450. The molecule has 2 aliphatic rings. The van der Waals surface area contributed by atoms with Gasteiger partial charge in [0.05, 0.1) is 34.6 Å². The molecule has 1 heterocycles. The van der Waals surface area contributed by atoms with Gasteiger partial charge in [-0.1, -0.05) is 48.3 Å². The molecular formula is C32H26Cl2N2O7. The Bertz CT molecular complexity index is 1650. The fourth-order valence-corrected chi connectivity index (χ4v) is 5.53. The maximum atomic E-state index is 13.7. The van der Waals surface area contributed by atoms with E-state index in [0.29, 0.717) is 12.2 Å². The standard InChI is InChI=1S/C32H26Cl2N2O7/c1-18-5-3-8-24-28(18)31(40)36(30(24)39)35(29(38)20-11-14-25(33)26(34)16-20)17-27(37)19-9-12-22(13-10-19)43-32(41)21-6-4-7-23(15-21)42-2/h3-7,9-16,18,24,28H,8,17H2,1-2H3/t18-,24+,28-/m0/s1. The van der Waals surface area contributed by atoms with Crippen molar-refractivity contribution in [2.75, 3.05) is 13.7 Å². The molecule has 1 aliphatic heterocycles. The number of imide groups is 1. The first kappa shape index (κ1) is 30.0. The fraction of sp³-hybridized carbons (Fsp3) is 0.219. The molecule has 0 saturated carbocycles. The van der Waals surface area contributed by atoms with E-state index in [4.69, 9.17) is 32.7 Å². The van der Waals surface area contributed by atoms with Crippen LogP contribution in [0.4, 0.5) is 0 Å². The molecule has 43 heavy (non-hydrogen) atoms. The quantitative estimate of drug-likeness (QED) is 0.105. The van der Waals surface area contributed by atoms with Gasteiger partial charge >= 0.3 is 5.97 Å². The zero-order valence-corrected chi connectivity index (χ0v) is 24.7. The number of hydrazine groups is 1. The molecule has 0 aromatic heterocycles. The van der Waals surface area contributed by atoms with Crippen molar-refractivity contribution in [1.29, 1.82) is 0 Å². The van der Waals surface area contributed by atoms with Crippen LogP contribution in [-0.2, 0) is 9.59 Å². The summed E-state index contributed by atoms with van der Waals surface area (Å²) in [5, 5.41) is 1.98. The lowest BCUT2D eigenvalue weighted by Gasteiger charge is -2.30. The molecule has 0 unspecified atom stereocenters. The van der Waals surface area contributed by atoms with Gasteiger partial charge in [-0.05, 0) is 73.0 Å². The lowest BCUT2D eigenvalue weighted by molar-refractivity contribution is -0.154. The number of carbonyl (C=O) groups is 5. The molecule has 3 amide bonds. The van der Waals surface area contributed by atoms with Crippen molar-refractivity contribution in [1.82, 2.24) is 10.0 Å². The molecule has 0 bridgehead atoms. The molecule has 3 aromatic rings. The van der Waals surface area contributed by atoms with Gasteiger partial charge < -0.3 is 9.47 Å². The minimum Gasteiger partial charge on any atom is -0.497 e. The number of benzene rings is 3. The predicted molar refractivity (Wildman–Crippen MR) is 158 cm³/mol. The molecule has 0 radical (unpaired) electrons. The Balaban J connectivity index is 1.39. The van der Waals surface area contributed by atoms with Crippen molar-refractivity contribution in [2.45, 2.75) is 13.3 Å². The van der Waals surface area contributed by atoms with E-state index in [1.165, 1.54) is 55.6 Å². The Morgan fingerprint density at radius 3 is 2.28 bits per heavy atom. The lowest BCUT2D eigenvalue weighted by Crippen LogP contribution is -2.52. The number of amides is 3. The molecule has 3 aromatic carbocycles. The third kappa shape index (κ3) is 6.04. The lowest BCUT2D eigenvalue weighted by atomic mass is 9.78. The number of nitrogens with zero attached hydrogens (tertiary/aromatic N) is 2. The summed E-state index contributed by atoms with van der Waals surface area (Å²) in [5.74, 6) is -3.85. The molecule has 9 nitrogen and oxygen atoms in total. The second kappa shape index (κ2) is 12.4. The highest BCUT2D eigenvalue weighted by molar-refractivity contribution is 6.42. The van der Waals surface area contributed by atoms with Gasteiger partial charge in [-0.3, -0.25) is 19.2 Å². The third-order valence-corrected chi connectivity index (χ3v) is 8.22. The van der Waals surface area contributed by atoms with Crippen LogP contribution in [0.5, 0.6) is 11.5 Å². The van der Waals surface area contributed by atoms with Crippen molar-refractivity contribution >= 4 is 52.7 Å². The number of allylic oxidation sites excluding steroid dienone is 2. The van der Waals surface area contributed by atoms with E-state index >= 15 is 0 Å². The van der Waals surface area contributed by atoms with E-state index in [2.05, 4.69) is 0 Å². The number of hydrogen-bond acceptors (Lipinski definition) is 7. The molecule has 1 saturated heterocycles. The van der Waals surface area contributed by atoms with Crippen LogP contribution in [0.1, 0.15) is 44.4 Å². The smallest absolute Gasteiger partial charge is 0.343 e. The van der Waals surface area contributed by atoms with Gasteiger partial charge in [0.2, 0.25) is 0 Å². The second-order valence-corrected chi connectivity index (χ2v) is 11.0. The normalized spacial score (nSPS) is 19.2. The van der Waals surface area contributed by atoms with Gasteiger partial charge in [0.25, 0.3) is 17.7 Å². The monoisotopic (exact) mass is 620 g/mol. The number of hydrogen-bond donors (Lipinski definition) is 0. The van der Waals surface area contributed by atoms with Gasteiger partial charge in [-0.15, -0.1) is 0 Å². The highest BCUT2D eigenvalue weighted by Gasteiger charge is 2.53. The van der Waals surface area contributed by atoms with Gasteiger partial charge in [0.1, 0.15) is 18.0 Å². The summed E-state index contributed by atoms with van der Waals surface area (Å²) in [5.41, 5.74) is 0.490. The number of ether oxygens (including phenoxy) is 2. The first-order valence-corrected chi connectivity index (χ1v) is 14.2. The molecule has 11 heteroatoms. The van der Waals surface area contributed by atoms with Crippen LogP contribution in [0, 0.1) is 17.8 Å². The fourth-order valence-electron chi connectivity index (χ4n) is 5.23. The topological polar surface area (TPSA) is 110 Å². The Kier molecular flexibility index (Phi) is 8.66. The van der Waals surface area contributed by atoms with Crippen LogP contribution in [0.3, 0.4) is 0 Å². The number of Topliss-reactive ketones (excluding diaryl/α,β-unsaturated/α-hetero) is 1. The van der Waals surface area contributed by atoms with Gasteiger partial charge in [-0.2, -0.15) is 5.01 Å². The molecular weight excluding hydrogens is 595 g/mol. The molecule has 0 N–H and O–H groups in total. The summed E-state index contributed by atoms with van der Waals surface area (Å²) < 4.78 is 10.5. The zero-order chi connectivity index (χ0) is 30.8. The summed E-state index contributed by atoms with van der Waals surface area (Å²) in [6.07, 6.45) is 4.07. The largest absolute Gasteiger partial charge is 0.497 e. The van der Waals surface area contributed by atoms with Crippen molar-refractivity contribution in [3.05, 3.63) is 106 Å². The van der Waals surface area contributed by atoms with Gasteiger partial charge in [0.15, 0.2) is 5.78 Å². The summed E-state index contributed by atoms with van der Waals surface area (Å²) in [7, 11) is 1.49. The summed E-state index contributed by atoms with van der Waals surface area (Å²) in [6, 6.07) is 16.3. The average Bonchev–Trinajstić information content (AvgIpc) is 3.27. The SMILES string of the molecule is COc1cccc(C(=O)Oc2ccc(C(=O)CN(C(=O)c3ccc(Cl)c(Cl)c3)N3C(=O)[C@H]4[C@@H](C)C=CC[C@H]4C3=O)cc2)c1. The first-order valence-electron chi connectivity index (χ1n) is 13.4. The maximum Gasteiger partial charge on any atom is 0.343 e. The zero-order valence-electron chi connectivity index (χ0n) is 23.2. The van der Waals surface area contributed by atoms with Crippen LogP contribution in [0.2, 0.25) is 10.0 Å². The Hall–Kier alpha value is -4.47. The Morgan fingerprint density at radius 1 is 0.884 bits per heavy atom. The molecule has 0 spiro atoms. The van der Waals surface area contributed by atoms with Crippen LogP contribution < -0.4 is 9.47 Å². The summed E-state index contributed by atoms with van der Waals surface area (Å²) >= 11 is 12.2. The van der Waals surface area contributed by atoms with Crippen LogP contribution in [0.15, 0.2) is 78.9 Å². The first-order chi connectivity index (χ1) is 20.6. The summed E-state index contributed by atoms with van der Waals surface area (Å²) in [4.78, 5) is 66.8. The second-order valence-electron chi connectivity index (χ2n) is 10.2. The molecule has 1 aliphatic carbocycles.